The zero-order valence-corrected chi connectivity index (χ0v) is 24.9. The maximum atomic E-state index is 13.4. The van der Waals surface area contributed by atoms with E-state index in [0.29, 0.717) is 18.1 Å². The fourth-order valence-electron chi connectivity index (χ4n) is 4.30. The van der Waals surface area contributed by atoms with Gasteiger partial charge in [0.15, 0.2) is 11.9 Å². The van der Waals surface area contributed by atoms with Crippen LogP contribution in [-0.2, 0) is 30.3 Å². The second-order valence-electron chi connectivity index (χ2n) is 11.0. The van der Waals surface area contributed by atoms with E-state index in [2.05, 4.69) is 10.3 Å². The summed E-state index contributed by atoms with van der Waals surface area (Å²) in [7, 11) is 1.37. The van der Waals surface area contributed by atoms with Crippen molar-refractivity contribution in [3.8, 4) is 0 Å². The number of carbonyl (C=O) groups excluding carboxylic acids is 2. The fourth-order valence-corrected chi connectivity index (χ4v) is 5.78. The summed E-state index contributed by atoms with van der Waals surface area (Å²) in [6.07, 6.45) is -0.351. The predicted octanol–water partition coefficient (Wildman–Crippen LogP) is 3.45. The first-order valence-corrected chi connectivity index (χ1v) is 14.3. The van der Waals surface area contributed by atoms with Gasteiger partial charge < -0.3 is 29.5 Å². The average Bonchev–Trinajstić information content (AvgIpc) is 2.95. The SMILES string of the molecule is CO[C@@H](C(=O)NC1CSCCN(Cc2cc(Cl)nc(Cl)c2)C1=O)[C@@H]1OC(C)(C)O[C@H](/C=C/C(C)(C)C)[C@@H]1O. The zero-order valence-electron chi connectivity index (χ0n) is 22.6. The van der Waals surface area contributed by atoms with Gasteiger partial charge in [-0.3, -0.25) is 9.59 Å². The molecule has 5 atom stereocenters. The molecule has 0 spiro atoms. The molecular weight excluding hydrogens is 553 g/mol. The first-order valence-electron chi connectivity index (χ1n) is 12.4. The van der Waals surface area contributed by atoms with Gasteiger partial charge in [-0.1, -0.05) is 56.1 Å². The van der Waals surface area contributed by atoms with E-state index in [9.17, 15) is 14.7 Å². The number of rotatable bonds is 7. The molecule has 9 nitrogen and oxygen atoms in total. The maximum Gasteiger partial charge on any atom is 0.252 e. The summed E-state index contributed by atoms with van der Waals surface area (Å²) in [5.74, 6) is -0.762. The third kappa shape index (κ3) is 8.55. The average molecular weight is 591 g/mol. The minimum absolute atomic E-state index is 0.130. The molecule has 12 heteroatoms. The Hall–Kier alpha value is -1.40. The van der Waals surface area contributed by atoms with Crippen LogP contribution in [0.25, 0.3) is 0 Å². The molecule has 0 radical (unpaired) electrons. The molecule has 2 saturated heterocycles. The van der Waals surface area contributed by atoms with Crippen molar-refractivity contribution < 1.29 is 28.9 Å². The number of pyridine rings is 1. The molecule has 212 valence electrons. The Labute approximate surface area is 238 Å². The molecule has 2 aliphatic heterocycles. The van der Waals surface area contributed by atoms with Crippen LogP contribution in [0.2, 0.25) is 10.3 Å². The van der Waals surface area contributed by atoms with Crippen LogP contribution in [0.1, 0.15) is 40.2 Å². The van der Waals surface area contributed by atoms with E-state index in [4.69, 9.17) is 37.4 Å². The molecule has 3 rings (SSSR count). The molecule has 2 N–H and O–H groups in total. The number of thioether (sulfide) groups is 1. The van der Waals surface area contributed by atoms with Crippen LogP contribution >= 0.6 is 35.0 Å². The summed E-state index contributed by atoms with van der Waals surface area (Å²) in [6, 6.07) is 2.52. The molecule has 2 aliphatic rings. The summed E-state index contributed by atoms with van der Waals surface area (Å²) in [5.41, 5.74) is 0.612. The van der Waals surface area contributed by atoms with Crippen LogP contribution in [0.5, 0.6) is 0 Å². The number of hydrogen-bond acceptors (Lipinski definition) is 8. The van der Waals surface area contributed by atoms with Gasteiger partial charge in [-0.05, 0) is 37.0 Å². The van der Waals surface area contributed by atoms with Crippen LogP contribution in [0.4, 0.5) is 0 Å². The molecule has 0 saturated carbocycles. The van der Waals surface area contributed by atoms with Crippen LogP contribution < -0.4 is 5.32 Å². The Morgan fingerprint density at radius 1 is 1.34 bits per heavy atom. The minimum Gasteiger partial charge on any atom is -0.387 e. The highest BCUT2D eigenvalue weighted by Crippen LogP contribution is 2.31. The van der Waals surface area contributed by atoms with E-state index in [1.165, 1.54) is 7.11 Å². The van der Waals surface area contributed by atoms with Gasteiger partial charge in [0.05, 0.1) is 0 Å². The van der Waals surface area contributed by atoms with E-state index >= 15 is 0 Å². The third-order valence-corrected chi connectivity index (χ3v) is 7.45. The smallest absolute Gasteiger partial charge is 0.252 e. The van der Waals surface area contributed by atoms with Crippen LogP contribution in [0, 0.1) is 5.41 Å². The lowest BCUT2D eigenvalue weighted by Gasteiger charge is -2.45. The Balaban J connectivity index is 1.75. The van der Waals surface area contributed by atoms with E-state index in [1.807, 2.05) is 26.8 Å². The van der Waals surface area contributed by atoms with Crippen LogP contribution in [-0.4, -0.2) is 88.2 Å². The summed E-state index contributed by atoms with van der Waals surface area (Å²) in [6.45, 7) is 10.3. The van der Waals surface area contributed by atoms with Crippen molar-refractivity contribution in [2.24, 2.45) is 5.41 Å². The van der Waals surface area contributed by atoms with Crippen molar-refractivity contribution in [1.82, 2.24) is 15.2 Å². The monoisotopic (exact) mass is 589 g/mol. The lowest BCUT2D eigenvalue weighted by Crippen LogP contribution is -2.62. The maximum absolute atomic E-state index is 13.4. The number of allylic oxidation sites excluding steroid dienone is 1. The molecule has 3 heterocycles. The number of aliphatic hydroxyl groups excluding tert-OH is 1. The highest BCUT2D eigenvalue weighted by atomic mass is 35.5. The Kier molecular flexibility index (Phi) is 10.5. The fraction of sp³-hybridized carbons (Fsp3) is 0.654. The normalized spacial score (nSPS) is 27.3. The number of ether oxygens (including phenoxy) is 3. The van der Waals surface area contributed by atoms with Crippen molar-refractivity contribution in [2.45, 2.75) is 77.4 Å². The lowest BCUT2D eigenvalue weighted by atomic mass is 9.93. The number of aromatic nitrogens is 1. The number of nitrogens with zero attached hydrogens (tertiary/aromatic N) is 2. The summed E-state index contributed by atoms with van der Waals surface area (Å²) >= 11 is 13.6. The number of amides is 2. The third-order valence-electron chi connectivity index (χ3n) is 6.02. The molecule has 38 heavy (non-hydrogen) atoms. The molecule has 0 aromatic carbocycles. The second kappa shape index (κ2) is 12.8. The van der Waals surface area contributed by atoms with Crippen molar-refractivity contribution in [3.05, 3.63) is 40.2 Å². The van der Waals surface area contributed by atoms with Crippen molar-refractivity contribution in [3.63, 3.8) is 0 Å². The molecule has 1 aromatic rings. The zero-order chi connectivity index (χ0) is 28.3. The van der Waals surface area contributed by atoms with Gasteiger partial charge in [-0.15, -0.1) is 0 Å². The lowest BCUT2D eigenvalue weighted by molar-refractivity contribution is -0.334. The number of hydrogen-bond donors (Lipinski definition) is 2. The largest absolute Gasteiger partial charge is 0.387 e. The van der Waals surface area contributed by atoms with Crippen molar-refractivity contribution in [1.29, 1.82) is 0 Å². The van der Waals surface area contributed by atoms with Gasteiger partial charge in [0.25, 0.3) is 5.91 Å². The first-order chi connectivity index (χ1) is 17.7. The van der Waals surface area contributed by atoms with E-state index in [-0.39, 0.29) is 28.2 Å². The van der Waals surface area contributed by atoms with E-state index in [1.54, 1.807) is 48.7 Å². The van der Waals surface area contributed by atoms with Gasteiger partial charge in [-0.25, -0.2) is 4.98 Å². The molecule has 0 bridgehead atoms. The summed E-state index contributed by atoms with van der Waals surface area (Å²) < 4.78 is 17.4. The summed E-state index contributed by atoms with van der Waals surface area (Å²) in [4.78, 5) is 32.4. The second-order valence-corrected chi connectivity index (χ2v) is 12.9. The standard InChI is InChI=1S/C26H37Cl2N3O6S/c1-25(2,3)8-7-17-20(32)21(37-26(4,5)36-17)22(35-6)23(33)29-16-14-38-10-9-31(24(16)34)13-15-11-18(27)30-19(28)12-15/h7-8,11-12,16-17,20-22,32H,9-10,13-14H2,1-6H3,(H,29,33)/b8-7+/t16?,17-,20+,21-,22-/m1/s1. The Morgan fingerprint density at radius 2 is 2.00 bits per heavy atom. The minimum atomic E-state index is -1.17. The van der Waals surface area contributed by atoms with Gasteiger partial charge >= 0.3 is 0 Å². The topological polar surface area (TPSA) is 110 Å². The highest BCUT2D eigenvalue weighted by molar-refractivity contribution is 7.99. The van der Waals surface area contributed by atoms with Gasteiger partial charge in [0, 0.05) is 31.7 Å². The molecule has 1 aromatic heterocycles. The van der Waals surface area contributed by atoms with Crippen molar-refractivity contribution in [2.75, 3.05) is 25.2 Å². The van der Waals surface area contributed by atoms with Gasteiger partial charge in [-0.2, -0.15) is 11.8 Å². The number of methoxy groups -OCH3 is 1. The van der Waals surface area contributed by atoms with Crippen LogP contribution in [0.15, 0.2) is 24.3 Å². The van der Waals surface area contributed by atoms with Crippen molar-refractivity contribution >= 4 is 46.8 Å². The Morgan fingerprint density at radius 3 is 2.61 bits per heavy atom. The number of aliphatic hydroxyl groups is 1. The number of nitrogens with one attached hydrogen (secondary N) is 1. The molecule has 2 amide bonds. The van der Waals surface area contributed by atoms with E-state index < -0.39 is 42.2 Å². The van der Waals surface area contributed by atoms with E-state index in [0.717, 1.165) is 5.56 Å². The van der Waals surface area contributed by atoms with Crippen LogP contribution in [0.3, 0.4) is 0 Å². The quantitative estimate of drug-likeness (QED) is 0.367. The number of halogens is 2. The number of carbonyl (C=O) groups is 2. The van der Waals surface area contributed by atoms with Gasteiger partial charge in [0.1, 0.15) is 34.7 Å². The molecule has 1 unspecified atom stereocenters. The predicted molar refractivity (Wildman–Crippen MR) is 148 cm³/mol. The molecule has 2 fully saturated rings. The highest BCUT2D eigenvalue weighted by Gasteiger charge is 2.48. The van der Waals surface area contributed by atoms with Gasteiger partial charge in [0.2, 0.25) is 5.91 Å². The molecular formula is C26H37Cl2N3O6S. The molecule has 0 aliphatic carbocycles. The summed E-state index contributed by atoms with van der Waals surface area (Å²) in [5, 5.41) is 14.4. The Bertz CT molecular complexity index is 1010. The first kappa shape index (κ1) is 31.1.